The van der Waals surface area contributed by atoms with E-state index in [9.17, 15) is 0 Å². The third-order valence-electron chi connectivity index (χ3n) is 4.67. The number of anilines is 1. The molecule has 1 saturated carbocycles. The number of nitrogens with two attached hydrogens (primary N) is 1. The van der Waals surface area contributed by atoms with Gasteiger partial charge in [0.15, 0.2) is 0 Å². The van der Waals surface area contributed by atoms with Gasteiger partial charge in [-0.05, 0) is 37.5 Å². The van der Waals surface area contributed by atoms with Gasteiger partial charge >= 0.3 is 0 Å². The number of rotatable bonds is 4. The van der Waals surface area contributed by atoms with Crippen LogP contribution in [0.2, 0.25) is 0 Å². The molecule has 0 bridgehead atoms. The normalized spacial score (nSPS) is 22.0. The van der Waals surface area contributed by atoms with Gasteiger partial charge in [0, 0.05) is 34.8 Å². The highest BCUT2D eigenvalue weighted by Crippen LogP contribution is 2.31. The van der Waals surface area contributed by atoms with Crippen LogP contribution in [0.4, 0.5) is 5.69 Å². The first-order chi connectivity index (χ1) is 11.2. The van der Waals surface area contributed by atoms with Crippen molar-refractivity contribution in [2.75, 3.05) is 5.32 Å². The summed E-state index contributed by atoms with van der Waals surface area (Å²) in [5.74, 6) is 0. The first-order valence-corrected chi connectivity index (χ1v) is 8.34. The first-order valence-electron chi connectivity index (χ1n) is 8.34. The fraction of sp³-hybridized carbons (Fsp3) is 0.444. The fourth-order valence-electron chi connectivity index (χ4n) is 3.40. The monoisotopic (exact) mass is 311 g/mol. The molecule has 3 rings (SSSR count). The molecule has 5 nitrogen and oxygen atoms in total. The Hall–Kier alpha value is -2.14. The number of benzene rings is 1. The Morgan fingerprint density at radius 3 is 2.83 bits per heavy atom. The molecule has 0 radical (unpaired) electrons. The van der Waals surface area contributed by atoms with Gasteiger partial charge in [-0.1, -0.05) is 25.3 Å². The van der Waals surface area contributed by atoms with Crippen molar-refractivity contribution in [3.05, 3.63) is 35.0 Å². The Balaban J connectivity index is 1.88. The van der Waals surface area contributed by atoms with Crippen LogP contribution >= 0.6 is 0 Å². The van der Waals surface area contributed by atoms with Crippen molar-refractivity contribution in [3.8, 4) is 0 Å². The number of fused-ring (bicyclic) bond motifs is 1. The van der Waals surface area contributed by atoms with E-state index in [0.29, 0.717) is 11.7 Å². The quantitative estimate of drug-likeness (QED) is 0.643. The van der Waals surface area contributed by atoms with E-state index in [4.69, 9.17) is 11.1 Å². The van der Waals surface area contributed by atoms with Crippen molar-refractivity contribution < 1.29 is 0 Å². The first kappa shape index (κ1) is 15.7. The topological polar surface area (TPSA) is 86.3 Å². The Kier molecular flexibility index (Phi) is 4.76. The van der Waals surface area contributed by atoms with Gasteiger partial charge in [0.25, 0.3) is 0 Å². The van der Waals surface area contributed by atoms with E-state index in [-0.39, 0.29) is 6.17 Å². The third-order valence-corrected chi connectivity index (χ3v) is 4.67. The average molecular weight is 311 g/mol. The molecule has 0 aromatic heterocycles. The maximum atomic E-state index is 7.60. The summed E-state index contributed by atoms with van der Waals surface area (Å²) in [6, 6.07) is 6.67. The second kappa shape index (κ2) is 6.96. The Bertz CT molecular complexity index is 637. The Labute approximate surface area is 137 Å². The highest BCUT2D eigenvalue weighted by atomic mass is 15.1. The van der Waals surface area contributed by atoms with Crippen LogP contribution in [-0.4, -0.2) is 18.6 Å². The molecule has 1 aromatic rings. The van der Waals surface area contributed by atoms with Crippen LogP contribution in [0.1, 0.15) is 56.3 Å². The predicted octanol–water partition coefficient (Wildman–Crippen LogP) is 3.40. The molecular formula is C18H25N5. The van der Waals surface area contributed by atoms with Crippen LogP contribution in [0.25, 0.3) is 5.57 Å². The predicted molar refractivity (Wildman–Crippen MR) is 96.9 cm³/mol. The minimum Gasteiger partial charge on any atom is -0.402 e. The van der Waals surface area contributed by atoms with Gasteiger partial charge in [0.05, 0.1) is 6.34 Å². The maximum absolute atomic E-state index is 7.60. The van der Waals surface area contributed by atoms with Gasteiger partial charge in [-0.2, -0.15) is 0 Å². The van der Waals surface area contributed by atoms with Crippen molar-refractivity contribution in [1.29, 1.82) is 5.41 Å². The summed E-state index contributed by atoms with van der Waals surface area (Å²) in [5.41, 5.74) is 10.5. The van der Waals surface area contributed by atoms with E-state index in [0.717, 1.165) is 22.4 Å². The molecule has 1 unspecified atom stereocenters. The molecule has 5 heteroatoms. The number of hydrogen-bond acceptors (Lipinski definition) is 5. The molecule has 2 aliphatic rings. The van der Waals surface area contributed by atoms with Crippen LogP contribution in [0, 0.1) is 5.41 Å². The molecule has 1 aromatic carbocycles. The van der Waals surface area contributed by atoms with Crippen LogP contribution in [0.3, 0.4) is 0 Å². The standard InChI is InChI=1S/C18H25N5/c1-12(20)16(10-19)13-7-8-17-15(9-13)18(22-11-21-17)23-14-5-3-2-4-6-14/h7-11,14,18-19,23H,2-6,20H2,1H3,(H,21,22)/b16-12+,19-10?. The zero-order chi connectivity index (χ0) is 16.2. The number of aliphatic imine (C=N–C) groups is 1. The second-order valence-corrected chi connectivity index (χ2v) is 6.37. The van der Waals surface area contributed by atoms with Gasteiger partial charge in [0.2, 0.25) is 0 Å². The van der Waals surface area contributed by atoms with Crippen LogP contribution in [0.15, 0.2) is 28.9 Å². The summed E-state index contributed by atoms with van der Waals surface area (Å²) < 4.78 is 0. The summed E-state index contributed by atoms with van der Waals surface area (Å²) in [6.45, 7) is 1.83. The molecule has 1 fully saturated rings. The van der Waals surface area contributed by atoms with E-state index in [1.165, 1.54) is 38.3 Å². The van der Waals surface area contributed by atoms with E-state index in [1.54, 1.807) is 6.34 Å². The van der Waals surface area contributed by atoms with Gasteiger partial charge in [-0.25, -0.2) is 0 Å². The molecular weight excluding hydrogens is 286 g/mol. The van der Waals surface area contributed by atoms with Crippen molar-refractivity contribution >= 4 is 23.8 Å². The lowest BCUT2D eigenvalue weighted by Crippen LogP contribution is -2.35. The van der Waals surface area contributed by atoms with Crippen LogP contribution in [0.5, 0.6) is 0 Å². The minimum atomic E-state index is -0.0284. The summed E-state index contributed by atoms with van der Waals surface area (Å²) in [6.07, 6.45) is 9.45. The van der Waals surface area contributed by atoms with Crippen molar-refractivity contribution in [3.63, 3.8) is 0 Å². The van der Waals surface area contributed by atoms with E-state index >= 15 is 0 Å². The van der Waals surface area contributed by atoms with Gasteiger partial charge in [0.1, 0.15) is 6.17 Å². The van der Waals surface area contributed by atoms with Crippen molar-refractivity contribution in [1.82, 2.24) is 5.32 Å². The lowest BCUT2D eigenvalue weighted by molar-refractivity contribution is 0.342. The van der Waals surface area contributed by atoms with Crippen molar-refractivity contribution in [2.24, 2.45) is 10.7 Å². The van der Waals surface area contributed by atoms with E-state index in [1.807, 2.05) is 19.1 Å². The Morgan fingerprint density at radius 1 is 1.35 bits per heavy atom. The van der Waals surface area contributed by atoms with E-state index in [2.05, 4.69) is 21.7 Å². The van der Waals surface area contributed by atoms with Gasteiger partial charge in [-0.15, -0.1) is 0 Å². The Morgan fingerprint density at radius 2 is 2.13 bits per heavy atom. The summed E-state index contributed by atoms with van der Waals surface area (Å²) in [4.78, 5) is 4.58. The zero-order valence-corrected chi connectivity index (χ0v) is 13.6. The number of nitrogens with zero attached hydrogens (tertiary/aromatic N) is 1. The fourth-order valence-corrected chi connectivity index (χ4v) is 3.40. The smallest absolute Gasteiger partial charge is 0.129 e. The molecule has 1 aliphatic heterocycles. The highest BCUT2D eigenvalue weighted by molar-refractivity contribution is 6.09. The van der Waals surface area contributed by atoms with E-state index < -0.39 is 0 Å². The highest BCUT2D eigenvalue weighted by Gasteiger charge is 2.22. The molecule has 5 N–H and O–H groups in total. The number of hydrogen-bond donors (Lipinski definition) is 4. The molecule has 0 amide bonds. The van der Waals surface area contributed by atoms with Gasteiger partial charge < -0.3 is 16.5 Å². The zero-order valence-electron chi connectivity index (χ0n) is 13.6. The molecule has 122 valence electrons. The molecule has 1 heterocycles. The van der Waals surface area contributed by atoms with Gasteiger partial charge in [-0.3, -0.25) is 10.3 Å². The number of nitrogens with one attached hydrogen (secondary N) is 3. The summed E-state index contributed by atoms with van der Waals surface area (Å²) in [7, 11) is 0. The summed E-state index contributed by atoms with van der Waals surface area (Å²) in [5, 5.41) is 14.5. The minimum absolute atomic E-state index is 0.0284. The van der Waals surface area contributed by atoms with Crippen molar-refractivity contribution in [2.45, 2.75) is 51.2 Å². The summed E-state index contributed by atoms with van der Waals surface area (Å²) >= 11 is 0. The second-order valence-electron chi connectivity index (χ2n) is 6.37. The maximum Gasteiger partial charge on any atom is 0.129 e. The molecule has 1 atom stereocenters. The number of allylic oxidation sites excluding steroid dienone is 2. The van der Waals surface area contributed by atoms with Crippen LogP contribution in [-0.2, 0) is 0 Å². The molecule has 0 spiro atoms. The molecule has 0 saturated heterocycles. The molecule has 23 heavy (non-hydrogen) atoms. The lowest BCUT2D eigenvalue weighted by atomic mass is 9.94. The van der Waals surface area contributed by atoms with Crippen LogP contribution < -0.4 is 16.4 Å². The SMILES string of the molecule is C/C(N)=C(/C=N)c1ccc2c(c1)C(NC1CCCCC1)N=CN2. The largest absolute Gasteiger partial charge is 0.402 e. The average Bonchev–Trinajstić information content (AvgIpc) is 2.56. The lowest BCUT2D eigenvalue weighted by Gasteiger charge is -2.29. The third kappa shape index (κ3) is 3.45. The molecule has 1 aliphatic carbocycles.